The van der Waals surface area contributed by atoms with E-state index in [9.17, 15) is 9.59 Å². The monoisotopic (exact) mass is 338 g/mol. The van der Waals surface area contributed by atoms with E-state index in [-0.39, 0.29) is 17.4 Å². The van der Waals surface area contributed by atoms with Crippen LogP contribution in [-0.2, 0) is 13.5 Å². The second-order valence-corrected chi connectivity index (χ2v) is 5.46. The van der Waals surface area contributed by atoms with Crippen LogP contribution in [0.3, 0.4) is 0 Å². The van der Waals surface area contributed by atoms with Gasteiger partial charge in [0, 0.05) is 19.7 Å². The highest BCUT2D eigenvalue weighted by Gasteiger charge is 2.16. The predicted molar refractivity (Wildman–Crippen MR) is 92.3 cm³/mol. The Labute approximate surface area is 144 Å². The summed E-state index contributed by atoms with van der Waals surface area (Å²) in [5.74, 6) is -0.0845. The fourth-order valence-corrected chi connectivity index (χ4v) is 2.34. The first-order valence-electron chi connectivity index (χ1n) is 7.84. The first-order chi connectivity index (χ1) is 12.1. The number of hydrogen-bond acceptors (Lipinski definition) is 4. The van der Waals surface area contributed by atoms with Crippen molar-refractivity contribution in [1.82, 2.24) is 15.1 Å². The second kappa shape index (κ2) is 7.48. The number of carbonyl (C=O) groups is 2. The van der Waals surface area contributed by atoms with Gasteiger partial charge in [0.15, 0.2) is 11.5 Å². The summed E-state index contributed by atoms with van der Waals surface area (Å²) in [6.45, 7) is 0.507. The van der Waals surface area contributed by atoms with Gasteiger partial charge in [-0.2, -0.15) is 5.10 Å². The molecule has 2 amide bonds. The predicted octanol–water partition coefficient (Wildman–Crippen LogP) is 2.24. The van der Waals surface area contributed by atoms with Crippen LogP contribution < -0.4 is 10.6 Å². The average Bonchev–Trinajstić information content (AvgIpc) is 3.26. The number of aromatic nitrogens is 2. The molecule has 0 atom stereocenters. The van der Waals surface area contributed by atoms with Crippen LogP contribution in [0.5, 0.6) is 0 Å². The first kappa shape index (κ1) is 16.5. The topological polar surface area (TPSA) is 89.2 Å². The highest BCUT2D eigenvalue weighted by Crippen LogP contribution is 2.11. The summed E-state index contributed by atoms with van der Waals surface area (Å²) in [5, 5.41) is 9.61. The van der Waals surface area contributed by atoms with Crippen molar-refractivity contribution in [1.29, 1.82) is 0 Å². The van der Waals surface area contributed by atoms with Crippen molar-refractivity contribution in [2.45, 2.75) is 6.42 Å². The zero-order chi connectivity index (χ0) is 17.6. The molecule has 0 aliphatic carbocycles. The van der Waals surface area contributed by atoms with Crippen molar-refractivity contribution in [3.8, 4) is 0 Å². The van der Waals surface area contributed by atoms with E-state index in [4.69, 9.17) is 4.42 Å². The van der Waals surface area contributed by atoms with E-state index in [1.54, 1.807) is 19.2 Å². The normalized spacial score (nSPS) is 10.4. The maximum Gasteiger partial charge on any atom is 0.292 e. The number of aryl methyl sites for hydroxylation is 1. The van der Waals surface area contributed by atoms with Gasteiger partial charge in [-0.3, -0.25) is 14.3 Å². The quantitative estimate of drug-likeness (QED) is 0.721. The maximum atomic E-state index is 12.2. The zero-order valence-corrected chi connectivity index (χ0v) is 13.7. The summed E-state index contributed by atoms with van der Waals surface area (Å²) < 4.78 is 6.47. The van der Waals surface area contributed by atoms with E-state index in [2.05, 4.69) is 15.7 Å². The lowest BCUT2D eigenvalue weighted by atomic mass is 10.1. The Bertz CT molecular complexity index is 854. The van der Waals surface area contributed by atoms with E-state index in [0.29, 0.717) is 12.4 Å². The minimum absolute atomic E-state index is 0.190. The smallest absolute Gasteiger partial charge is 0.292 e. The molecule has 0 bridgehead atoms. The number of carbonyl (C=O) groups excluding carboxylic acids is 2. The largest absolute Gasteiger partial charge is 0.459 e. The van der Waals surface area contributed by atoms with Crippen molar-refractivity contribution in [3.05, 3.63) is 71.8 Å². The molecule has 7 nitrogen and oxygen atoms in total. The van der Waals surface area contributed by atoms with E-state index in [1.165, 1.54) is 17.0 Å². The van der Waals surface area contributed by atoms with Crippen LogP contribution >= 0.6 is 0 Å². The molecule has 2 heterocycles. The molecule has 2 aromatic heterocycles. The van der Waals surface area contributed by atoms with Crippen LogP contribution in [0.1, 0.15) is 26.6 Å². The third-order valence-corrected chi connectivity index (χ3v) is 3.64. The highest BCUT2D eigenvalue weighted by atomic mass is 16.3. The lowest BCUT2D eigenvalue weighted by molar-refractivity contribution is 0.0947. The Kier molecular flexibility index (Phi) is 4.94. The van der Waals surface area contributed by atoms with Gasteiger partial charge in [-0.25, -0.2) is 0 Å². The molecule has 1 aromatic carbocycles. The Morgan fingerprint density at radius 3 is 2.64 bits per heavy atom. The lowest BCUT2D eigenvalue weighted by Crippen LogP contribution is -2.26. The second-order valence-electron chi connectivity index (χ2n) is 5.46. The molecule has 2 N–H and O–H groups in total. The molecule has 3 aromatic rings. The van der Waals surface area contributed by atoms with Gasteiger partial charge in [0.2, 0.25) is 0 Å². The number of nitrogens with one attached hydrogen (secondary N) is 2. The summed E-state index contributed by atoms with van der Waals surface area (Å²) >= 11 is 0. The molecule has 0 radical (unpaired) electrons. The Balaban J connectivity index is 1.57. The fraction of sp³-hybridized carbons (Fsp3) is 0.167. The summed E-state index contributed by atoms with van der Waals surface area (Å²) in [7, 11) is 1.65. The molecule has 3 rings (SSSR count). The number of anilines is 1. The van der Waals surface area contributed by atoms with Gasteiger partial charge >= 0.3 is 0 Å². The van der Waals surface area contributed by atoms with E-state index in [0.717, 1.165) is 12.0 Å². The Morgan fingerprint density at radius 2 is 1.92 bits per heavy atom. The van der Waals surface area contributed by atoms with Gasteiger partial charge in [-0.05, 0) is 24.1 Å². The SMILES string of the molecule is Cn1nc(C(=O)NCCc2ccccc2)cc1NC(=O)c1ccco1. The summed E-state index contributed by atoms with van der Waals surface area (Å²) in [5.41, 5.74) is 1.39. The van der Waals surface area contributed by atoms with E-state index >= 15 is 0 Å². The van der Waals surface area contributed by atoms with Crippen molar-refractivity contribution in [2.75, 3.05) is 11.9 Å². The summed E-state index contributed by atoms with van der Waals surface area (Å²) in [6, 6.07) is 14.6. The minimum atomic E-state index is -0.399. The van der Waals surface area contributed by atoms with Crippen LogP contribution in [0, 0.1) is 0 Å². The molecule has 7 heteroatoms. The Hall–Kier alpha value is -3.35. The van der Waals surface area contributed by atoms with Gasteiger partial charge in [0.25, 0.3) is 11.8 Å². The van der Waals surface area contributed by atoms with Gasteiger partial charge in [-0.15, -0.1) is 0 Å². The lowest BCUT2D eigenvalue weighted by Gasteiger charge is -2.03. The van der Waals surface area contributed by atoms with Gasteiger partial charge < -0.3 is 15.1 Å². The molecule has 0 saturated heterocycles. The summed E-state index contributed by atoms with van der Waals surface area (Å²) in [4.78, 5) is 24.2. The highest BCUT2D eigenvalue weighted by molar-refractivity contribution is 6.02. The minimum Gasteiger partial charge on any atom is -0.459 e. The molecule has 0 spiro atoms. The van der Waals surface area contributed by atoms with Crippen LogP contribution in [-0.4, -0.2) is 28.1 Å². The van der Waals surface area contributed by atoms with Crippen LogP contribution in [0.25, 0.3) is 0 Å². The van der Waals surface area contributed by atoms with Crippen molar-refractivity contribution in [2.24, 2.45) is 7.05 Å². The van der Waals surface area contributed by atoms with Crippen molar-refractivity contribution in [3.63, 3.8) is 0 Å². The number of nitrogens with zero attached hydrogens (tertiary/aromatic N) is 2. The number of amides is 2. The molecule has 0 saturated carbocycles. The third kappa shape index (κ3) is 4.14. The average molecular weight is 338 g/mol. The standard InChI is InChI=1S/C18H18N4O3/c1-22-16(20-18(24)15-8-5-11-25-15)12-14(21-22)17(23)19-10-9-13-6-3-2-4-7-13/h2-8,11-12H,9-10H2,1H3,(H,19,23)(H,20,24). The van der Waals surface area contributed by atoms with Crippen molar-refractivity contribution >= 4 is 17.6 Å². The molecule has 0 aliphatic heterocycles. The molecule has 128 valence electrons. The Morgan fingerprint density at radius 1 is 1.12 bits per heavy atom. The first-order valence-corrected chi connectivity index (χ1v) is 7.84. The molecular weight excluding hydrogens is 320 g/mol. The van der Waals surface area contributed by atoms with Crippen molar-refractivity contribution < 1.29 is 14.0 Å². The van der Waals surface area contributed by atoms with E-state index < -0.39 is 5.91 Å². The summed E-state index contributed by atoms with van der Waals surface area (Å²) in [6.07, 6.45) is 2.16. The molecular formula is C18H18N4O3. The third-order valence-electron chi connectivity index (χ3n) is 3.64. The van der Waals surface area contributed by atoms with Crippen LogP contribution in [0.2, 0.25) is 0 Å². The number of benzene rings is 1. The molecule has 25 heavy (non-hydrogen) atoms. The van der Waals surface area contributed by atoms with Gasteiger partial charge in [-0.1, -0.05) is 30.3 Å². The zero-order valence-electron chi connectivity index (χ0n) is 13.7. The number of furan rings is 1. The maximum absolute atomic E-state index is 12.2. The fourth-order valence-electron chi connectivity index (χ4n) is 2.34. The van der Waals surface area contributed by atoms with Crippen LogP contribution in [0.4, 0.5) is 5.82 Å². The molecule has 0 fully saturated rings. The van der Waals surface area contributed by atoms with Crippen LogP contribution in [0.15, 0.2) is 59.2 Å². The molecule has 0 unspecified atom stereocenters. The number of rotatable bonds is 6. The van der Waals surface area contributed by atoms with Gasteiger partial charge in [0.1, 0.15) is 5.82 Å². The molecule has 0 aliphatic rings. The number of hydrogen-bond donors (Lipinski definition) is 2. The van der Waals surface area contributed by atoms with E-state index in [1.807, 2.05) is 30.3 Å². The van der Waals surface area contributed by atoms with Gasteiger partial charge in [0.05, 0.1) is 6.26 Å².